The summed E-state index contributed by atoms with van der Waals surface area (Å²) in [5, 5.41) is 0. The van der Waals surface area contributed by atoms with E-state index in [9.17, 15) is 4.79 Å². The highest BCUT2D eigenvalue weighted by molar-refractivity contribution is 5.95. The Morgan fingerprint density at radius 3 is 2.29 bits per heavy atom. The summed E-state index contributed by atoms with van der Waals surface area (Å²) in [6.07, 6.45) is -0.0867. The molecule has 0 saturated carbocycles. The van der Waals surface area contributed by atoms with E-state index in [2.05, 4.69) is 0 Å². The lowest BCUT2D eigenvalue weighted by molar-refractivity contribution is 0.0379. The van der Waals surface area contributed by atoms with Gasteiger partial charge < -0.3 is 15.2 Å². The SMILES string of the molecule is CC(C)OC(=O)c1ccc(OC(C)C)cc1N. The van der Waals surface area contributed by atoms with E-state index in [1.54, 1.807) is 32.0 Å². The number of nitrogen functional groups attached to an aromatic ring is 1. The Labute approximate surface area is 102 Å². The monoisotopic (exact) mass is 237 g/mol. The first-order chi connectivity index (χ1) is 7.90. The number of nitrogens with two attached hydrogens (primary N) is 1. The van der Waals surface area contributed by atoms with Gasteiger partial charge in [-0.15, -0.1) is 0 Å². The molecule has 0 unspecified atom stereocenters. The van der Waals surface area contributed by atoms with Gasteiger partial charge in [0, 0.05) is 11.8 Å². The molecule has 0 saturated heterocycles. The molecule has 94 valence electrons. The van der Waals surface area contributed by atoms with Crippen LogP contribution in [0.4, 0.5) is 5.69 Å². The summed E-state index contributed by atoms with van der Waals surface area (Å²) in [6.45, 7) is 7.45. The van der Waals surface area contributed by atoms with Crippen molar-refractivity contribution in [1.82, 2.24) is 0 Å². The molecule has 1 aromatic carbocycles. The van der Waals surface area contributed by atoms with Gasteiger partial charge in [-0.2, -0.15) is 0 Å². The fourth-order valence-electron chi connectivity index (χ4n) is 1.35. The maximum Gasteiger partial charge on any atom is 0.340 e. The Morgan fingerprint density at radius 1 is 1.18 bits per heavy atom. The molecule has 17 heavy (non-hydrogen) atoms. The van der Waals surface area contributed by atoms with Gasteiger partial charge in [0.25, 0.3) is 0 Å². The lowest BCUT2D eigenvalue weighted by Gasteiger charge is -2.13. The minimum atomic E-state index is -0.409. The molecule has 0 aromatic heterocycles. The van der Waals surface area contributed by atoms with E-state index >= 15 is 0 Å². The van der Waals surface area contributed by atoms with E-state index in [0.717, 1.165) is 0 Å². The number of carbonyl (C=O) groups is 1. The molecule has 0 bridgehead atoms. The van der Waals surface area contributed by atoms with Crippen LogP contribution in [0.1, 0.15) is 38.1 Å². The smallest absolute Gasteiger partial charge is 0.340 e. The number of carbonyl (C=O) groups excluding carboxylic acids is 1. The predicted octanol–water partition coefficient (Wildman–Crippen LogP) is 2.62. The maximum absolute atomic E-state index is 11.7. The standard InChI is InChI=1S/C13H19NO3/c1-8(2)16-10-5-6-11(12(14)7-10)13(15)17-9(3)4/h5-9H,14H2,1-4H3. The molecule has 0 heterocycles. The van der Waals surface area contributed by atoms with Crippen LogP contribution in [0.5, 0.6) is 5.75 Å². The van der Waals surface area contributed by atoms with E-state index in [4.69, 9.17) is 15.2 Å². The van der Waals surface area contributed by atoms with Gasteiger partial charge in [-0.1, -0.05) is 0 Å². The van der Waals surface area contributed by atoms with E-state index in [1.165, 1.54) is 0 Å². The fraction of sp³-hybridized carbons (Fsp3) is 0.462. The first kappa shape index (κ1) is 13.4. The van der Waals surface area contributed by atoms with Gasteiger partial charge >= 0.3 is 5.97 Å². The fourth-order valence-corrected chi connectivity index (χ4v) is 1.35. The van der Waals surface area contributed by atoms with Crippen molar-refractivity contribution < 1.29 is 14.3 Å². The highest BCUT2D eigenvalue weighted by Gasteiger charge is 2.13. The van der Waals surface area contributed by atoms with E-state index < -0.39 is 5.97 Å². The van der Waals surface area contributed by atoms with Crippen molar-refractivity contribution in [3.63, 3.8) is 0 Å². The Morgan fingerprint density at radius 2 is 1.82 bits per heavy atom. The Bertz CT molecular complexity index is 400. The summed E-state index contributed by atoms with van der Waals surface area (Å²) >= 11 is 0. The number of hydrogen-bond donors (Lipinski definition) is 1. The largest absolute Gasteiger partial charge is 0.491 e. The number of hydrogen-bond acceptors (Lipinski definition) is 4. The van der Waals surface area contributed by atoms with Crippen LogP contribution in [0.3, 0.4) is 0 Å². The first-order valence-corrected chi connectivity index (χ1v) is 5.67. The highest BCUT2D eigenvalue weighted by Crippen LogP contribution is 2.21. The van der Waals surface area contributed by atoms with Crippen molar-refractivity contribution >= 4 is 11.7 Å². The second kappa shape index (κ2) is 5.57. The summed E-state index contributed by atoms with van der Waals surface area (Å²) in [4.78, 5) is 11.7. The van der Waals surface area contributed by atoms with E-state index in [-0.39, 0.29) is 12.2 Å². The molecule has 1 rings (SSSR count). The van der Waals surface area contributed by atoms with Crippen molar-refractivity contribution in [2.24, 2.45) is 0 Å². The van der Waals surface area contributed by atoms with Crippen molar-refractivity contribution in [3.05, 3.63) is 23.8 Å². The molecule has 1 aromatic rings. The third kappa shape index (κ3) is 3.98. The van der Waals surface area contributed by atoms with Crippen molar-refractivity contribution in [2.45, 2.75) is 39.9 Å². The molecule has 0 aliphatic carbocycles. The summed E-state index contributed by atoms with van der Waals surface area (Å²) in [7, 11) is 0. The minimum absolute atomic E-state index is 0.0721. The minimum Gasteiger partial charge on any atom is -0.491 e. The van der Waals surface area contributed by atoms with Crippen LogP contribution in [-0.4, -0.2) is 18.2 Å². The molecule has 2 N–H and O–H groups in total. The third-order valence-electron chi connectivity index (χ3n) is 1.96. The van der Waals surface area contributed by atoms with Gasteiger partial charge in [-0.25, -0.2) is 4.79 Å². The zero-order chi connectivity index (χ0) is 13.0. The Hall–Kier alpha value is -1.71. The third-order valence-corrected chi connectivity index (χ3v) is 1.96. The van der Waals surface area contributed by atoms with Gasteiger partial charge in [0.1, 0.15) is 5.75 Å². The van der Waals surface area contributed by atoms with Crippen molar-refractivity contribution in [1.29, 1.82) is 0 Å². The molecule has 4 nitrogen and oxygen atoms in total. The summed E-state index contributed by atoms with van der Waals surface area (Å²) in [5.74, 6) is 0.243. The van der Waals surface area contributed by atoms with Crippen LogP contribution in [-0.2, 0) is 4.74 Å². The van der Waals surface area contributed by atoms with Gasteiger partial charge in [0.05, 0.1) is 17.8 Å². The summed E-state index contributed by atoms with van der Waals surface area (Å²) in [6, 6.07) is 4.97. The summed E-state index contributed by atoms with van der Waals surface area (Å²) < 4.78 is 10.6. The molecular weight excluding hydrogens is 218 g/mol. The normalized spacial score (nSPS) is 10.7. The number of benzene rings is 1. The second-order valence-corrected chi connectivity index (χ2v) is 4.37. The average molecular weight is 237 g/mol. The van der Waals surface area contributed by atoms with Crippen LogP contribution in [0.2, 0.25) is 0 Å². The van der Waals surface area contributed by atoms with Gasteiger partial charge in [0.15, 0.2) is 0 Å². The topological polar surface area (TPSA) is 61.5 Å². The molecule has 0 aliphatic rings. The number of rotatable bonds is 4. The number of ether oxygens (including phenoxy) is 2. The quantitative estimate of drug-likeness (QED) is 0.646. The molecule has 0 aliphatic heterocycles. The van der Waals surface area contributed by atoms with Crippen molar-refractivity contribution in [3.8, 4) is 5.75 Å². The molecule has 4 heteroatoms. The van der Waals surface area contributed by atoms with E-state index in [0.29, 0.717) is 17.0 Å². The maximum atomic E-state index is 11.7. The average Bonchev–Trinajstić information content (AvgIpc) is 2.14. The van der Waals surface area contributed by atoms with Crippen LogP contribution in [0.15, 0.2) is 18.2 Å². The van der Waals surface area contributed by atoms with Crippen LogP contribution < -0.4 is 10.5 Å². The van der Waals surface area contributed by atoms with Gasteiger partial charge in [-0.05, 0) is 39.8 Å². The Balaban J connectivity index is 2.86. The Kier molecular flexibility index (Phi) is 4.37. The van der Waals surface area contributed by atoms with Gasteiger partial charge in [-0.3, -0.25) is 0 Å². The van der Waals surface area contributed by atoms with Crippen LogP contribution in [0, 0.1) is 0 Å². The molecule has 0 spiro atoms. The molecular formula is C13H19NO3. The van der Waals surface area contributed by atoms with Crippen molar-refractivity contribution in [2.75, 3.05) is 5.73 Å². The molecule has 0 radical (unpaired) electrons. The number of anilines is 1. The van der Waals surface area contributed by atoms with E-state index in [1.807, 2.05) is 13.8 Å². The van der Waals surface area contributed by atoms with Crippen LogP contribution >= 0.6 is 0 Å². The molecule has 0 atom stereocenters. The lowest BCUT2D eigenvalue weighted by atomic mass is 10.1. The predicted molar refractivity (Wildman–Crippen MR) is 67.2 cm³/mol. The molecule has 0 amide bonds. The summed E-state index contributed by atoms with van der Waals surface area (Å²) in [5.41, 5.74) is 6.53. The second-order valence-electron chi connectivity index (χ2n) is 4.37. The number of esters is 1. The highest BCUT2D eigenvalue weighted by atomic mass is 16.5. The zero-order valence-corrected chi connectivity index (χ0v) is 10.7. The molecule has 0 fully saturated rings. The van der Waals surface area contributed by atoms with Crippen LogP contribution in [0.25, 0.3) is 0 Å². The zero-order valence-electron chi connectivity index (χ0n) is 10.7. The lowest BCUT2D eigenvalue weighted by Crippen LogP contribution is -2.13. The van der Waals surface area contributed by atoms with Gasteiger partial charge in [0.2, 0.25) is 0 Å². The first-order valence-electron chi connectivity index (χ1n) is 5.67.